The van der Waals surface area contributed by atoms with Crippen LogP contribution in [0.5, 0.6) is 5.75 Å². The van der Waals surface area contributed by atoms with Crippen LogP contribution in [-0.2, 0) is 16.9 Å². The number of amides is 1. The molecule has 2 rings (SSSR count). The van der Waals surface area contributed by atoms with E-state index in [1.54, 1.807) is 0 Å². The first-order chi connectivity index (χ1) is 11.7. The Labute approximate surface area is 151 Å². The van der Waals surface area contributed by atoms with Gasteiger partial charge in [-0.2, -0.15) is 0 Å². The first-order valence-corrected chi connectivity index (χ1v) is 9.10. The molecule has 0 aromatic heterocycles. The van der Waals surface area contributed by atoms with Crippen LogP contribution in [0.4, 0.5) is 0 Å². The highest BCUT2D eigenvalue weighted by Gasteiger charge is 2.27. The molecule has 0 fully saturated rings. The number of nitrogens with zero attached hydrogens (tertiary/aromatic N) is 2. The number of carbonyl (C=O) groups excluding carboxylic acids is 1. The predicted molar refractivity (Wildman–Crippen MR) is 99.6 cm³/mol. The maximum atomic E-state index is 12.5. The summed E-state index contributed by atoms with van der Waals surface area (Å²) in [7, 11) is 3.88. The van der Waals surface area contributed by atoms with Crippen LogP contribution in [0, 0.1) is 5.92 Å². The van der Waals surface area contributed by atoms with Crippen molar-refractivity contribution in [2.24, 2.45) is 5.92 Å². The number of rotatable bonds is 6. The molecule has 0 aliphatic carbocycles. The third kappa shape index (κ3) is 5.44. The lowest BCUT2D eigenvalue weighted by Crippen LogP contribution is -2.35. The average Bonchev–Trinajstić information content (AvgIpc) is 2.72. The minimum atomic E-state index is -0.947. The van der Waals surface area contributed by atoms with E-state index in [0.717, 1.165) is 23.3 Å². The highest BCUT2D eigenvalue weighted by molar-refractivity contribution is 5.76. The fourth-order valence-electron chi connectivity index (χ4n) is 3.22. The number of benzene rings is 1. The number of hydrogen-bond acceptors (Lipinski definition) is 4. The van der Waals surface area contributed by atoms with Crippen molar-refractivity contribution in [3.63, 3.8) is 0 Å². The van der Waals surface area contributed by atoms with Gasteiger partial charge in [-0.05, 0) is 51.1 Å². The molecule has 0 unspecified atom stereocenters. The summed E-state index contributed by atoms with van der Waals surface area (Å²) < 4.78 is 5.82. The van der Waals surface area contributed by atoms with Crippen LogP contribution < -0.4 is 4.74 Å². The van der Waals surface area contributed by atoms with Gasteiger partial charge in [0.2, 0.25) is 5.91 Å². The number of ether oxygens (including phenoxy) is 1. The molecule has 0 spiro atoms. The van der Waals surface area contributed by atoms with Crippen molar-refractivity contribution < 1.29 is 14.6 Å². The molecular formula is C20H32N2O3. The van der Waals surface area contributed by atoms with Crippen LogP contribution in [0.15, 0.2) is 18.2 Å². The normalized spacial score (nSPS) is 17.0. The summed E-state index contributed by atoms with van der Waals surface area (Å²) >= 11 is 0. The Morgan fingerprint density at radius 3 is 2.76 bits per heavy atom. The summed E-state index contributed by atoms with van der Waals surface area (Å²) in [6.45, 7) is 8.27. The third-order valence-electron chi connectivity index (χ3n) is 4.57. The number of aliphatic hydroxyl groups is 1. The molecule has 1 aliphatic heterocycles. The van der Waals surface area contributed by atoms with Crippen molar-refractivity contribution in [3.8, 4) is 5.75 Å². The molecule has 140 valence electrons. The molecule has 5 heteroatoms. The molecule has 1 aliphatic rings. The van der Waals surface area contributed by atoms with Gasteiger partial charge < -0.3 is 19.6 Å². The molecule has 0 bridgehead atoms. The summed E-state index contributed by atoms with van der Waals surface area (Å²) in [6.07, 6.45) is 1.48. The molecule has 1 aromatic carbocycles. The van der Waals surface area contributed by atoms with Crippen molar-refractivity contribution in [2.75, 3.05) is 33.8 Å². The van der Waals surface area contributed by atoms with E-state index in [0.29, 0.717) is 38.6 Å². The smallest absolute Gasteiger partial charge is 0.222 e. The molecule has 1 heterocycles. The van der Waals surface area contributed by atoms with Crippen molar-refractivity contribution in [1.29, 1.82) is 0 Å². The Morgan fingerprint density at radius 2 is 2.12 bits per heavy atom. The van der Waals surface area contributed by atoms with Gasteiger partial charge in [-0.25, -0.2) is 0 Å². The second kappa shape index (κ2) is 8.19. The van der Waals surface area contributed by atoms with E-state index in [1.807, 2.05) is 49.0 Å². The van der Waals surface area contributed by atoms with E-state index >= 15 is 0 Å². The fraction of sp³-hybridized carbons (Fsp3) is 0.650. The van der Waals surface area contributed by atoms with E-state index < -0.39 is 5.60 Å². The Bertz CT molecular complexity index is 597. The van der Waals surface area contributed by atoms with Crippen LogP contribution in [0.2, 0.25) is 0 Å². The van der Waals surface area contributed by atoms with Crippen molar-refractivity contribution in [1.82, 2.24) is 9.80 Å². The molecule has 0 saturated heterocycles. The zero-order valence-electron chi connectivity index (χ0n) is 16.2. The summed E-state index contributed by atoms with van der Waals surface area (Å²) in [4.78, 5) is 16.3. The van der Waals surface area contributed by atoms with E-state index in [4.69, 9.17) is 4.74 Å². The SMILES string of the molecule is CC(C)CCC(=O)N1CCOc2ccc([C@](C)(O)CN(C)C)cc2C1. The Morgan fingerprint density at radius 1 is 1.40 bits per heavy atom. The van der Waals surface area contributed by atoms with Crippen LogP contribution in [0.25, 0.3) is 0 Å². The molecule has 1 atom stereocenters. The third-order valence-corrected chi connectivity index (χ3v) is 4.57. The van der Waals surface area contributed by atoms with Gasteiger partial charge in [-0.1, -0.05) is 19.9 Å². The van der Waals surface area contributed by atoms with Gasteiger partial charge in [-0.3, -0.25) is 4.79 Å². The molecular weight excluding hydrogens is 316 g/mol. The molecule has 0 saturated carbocycles. The van der Waals surface area contributed by atoms with Gasteiger partial charge in [0.1, 0.15) is 12.4 Å². The lowest BCUT2D eigenvalue weighted by molar-refractivity contribution is -0.132. The monoisotopic (exact) mass is 348 g/mol. The van der Waals surface area contributed by atoms with Crippen LogP contribution in [0.1, 0.15) is 44.7 Å². The van der Waals surface area contributed by atoms with Gasteiger partial charge in [0.25, 0.3) is 0 Å². The Hall–Kier alpha value is -1.59. The van der Waals surface area contributed by atoms with Crippen LogP contribution in [0.3, 0.4) is 0 Å². The molecule has 1 N–H and O–H groups in total. The zero-order valence-corrected chi connectivity index (χ0v) is 16.2. The molecule has 0 radical (unpaired) electrons. The fourth-order valence-corrected chi connectivity index (χ4v) is 3.22. The van der Waals surface area contributed by atoms with Crippen LogP contribution in [-0.4, -0.2) is 54.6 Å². The Kier molecular flexibility index (Phi) is 6.47. The van der Waals surface area contributed by atoms with Gasteiger partial charge in [0.05, 0.1) is 12.1 Å². The summed E-state index contributed by atoms with van der Waals surface area (Å²) in [5.74, 6) is 1.51. The van der Waals surface area contributed by atoms with Crippen molar-refractivity contribution in [2.45, 2.75) is 45.8 Å². The first-order valence-electron chi connectivity index (χ1n) is 9.10. The van der Waals surface area contributed by atoms with Crippen LogP contribution >= 0.6 is 0 Å². The highest BCUT2D eigenvalue weighted by atomic mass is 16.5. The van der Waals surface area contributed by atoms with Crippen molar-refractivity contribution in [3.05, 3.63) is 29.3 Å². The summed E-state index contributed by atoms with van der Waals surface area (Å²) in [5.41, 5.74) is 0.865. The van der Waals surface area contributed by atoms with E-state index in [2.05, 4.69) is 13.8 Å². The highest BCUT2D eigenvalue weighted by Crippen LogP contribution is 2.30. The maximum absolute atomic E-state index is 12.5. The largest absolute Gasteiger partial charge is 0.491 e. The minimum Gasteiger partial charge on any atom is -0.491 e. The number of carbonyl (C=O) groups is 1. The predicted octanol–water partition coefficient (Wildman–Crippen LogP) is 2.61. The van der Waals surface area contributed by atoms with E-state index in [1.165, 1.54) is 0 Å². The summed E-state index contributed by atoms with van der Waals surface area (Å²) in [6, 6.07) is 5.81. The quantitative estimate of drug-likeness (QED) is 0.859. The second-order valence-electron chi connectivity index (χ2n) is 7.93. The van der Waals surface area contributed by atoms with E-state index in [-0.39, 0.29) is 5.91 Å². The minimum absolute atomic E-state index is 0.176. The molecule has 1 aromatic rings. The molecule has 1 amide bonds. The second-order valence-corrected chi connectivity index (χ2v) is 7.93. The van der Waals surface area contributed by atoms with E-state index in [9.17, 15) is 9.90 Å². The average molecular weight is 348 g/mol. The molecule has 25 heavy (non-hydrogen) atoms. The lowest BCUT2D eigenvalue weighted by Gasteiger charge is -2.28. The topological polar surface area (TPSA) is 53.0 Å². The van der Waals surface area contributed by atoms with Crippen molar-refractivity contribution >= 4 is 5.91 Å². The number of likely N-dealkylation sites (N-methyl/N-ethyl adjacent to an activating group) is 1. The number of fused-ring (bicyclic) bond motifs is 1. The van der Waals surface area contributed by atoms with Gasteiger partial charge in [0.15, 0.2) is 0 Å². The van der Waals surface area contributed by atoms with Gasteiger partial charge in [0, 0.05) is 25.1 Å². The number of hydrogen-bond donors (Lipinski definition) is 1. The zero-order chi connectivity index (χ0) is 18.6. The standard InChI is InChI=1S/C20H32N2O3/c1-15(2)6-9-19(23)22-10-11-25-18-8-7-17(12-16(18)13-22)20(3,24)14-21(4)5/h7-8,12,15,24H,6,9-11,13-14H2,1-5H3/t20-/m1/s1. The Balaban J connectivity index is 2.18. The maximum Gasteiger partial charge on any atom is 0.222 e. The first kappa shape index (κ1) is 19.7. The van der Waals surface area contributed by atoms with Gasteiger partial charge >= 0.3 is 0 Å². The lowest BCUT2D eigenvalue weighted by atomic mass is 9.93. The van der Waals surface area contributed by atoms with Gasteiger partial charge in [-0.15, -0.1) is 0 Å². The summed E-state index contributed by atoms with van der Waals surface area (Å²) in [5, 5.41) is 10.8. The molecule has 5 nitrogen and oxygen atoms in total.